The molecule has 1 saturated heterocycles. The zero-order valence-corrected chi connectivity index (χ0v) is 8.98. The fourth-order valence-electron chi connectivity index (χ4n) is 1.76. The summed E-state index contributed by atoms with van der Waals surface area (Å²) in [7, 11) is 0. The van der Waals surface area contributed by atoms with Gasteiger partial charge < -0.3 is 10.1 Å². The maximum Gasteiger partial charge on any atom is 0.0594 e. The number of nitrogens with one attached hydrogen (secondary N) is 1. The Hall–Kier alpha value is -1.06. The molecule has 0 unspecified atom stereocenters. The van der Waals surface area contributed by atoms with Crippen LogP contribution in [0, 0.1) is 0 Å². The van der Waals surface area contributed by atoms with E-state index < -0.39 is 0 Å². The molecule has 0 saturated carbocycles. The molecule has 2 aliphatic heterocycles. The second-order valence-corrected chi connectivity index (χ2v) is 3.81. The molecule has 0 amide bonds. The summed E-state index contributed by atoms with van der Waals surface area (Å²) in [5, 5.41) is 3.14. The van der Waals surface area contributed by atoms with Crippen molar-refractivity contribution in [2.75, 3.05) is 32.8 Å². The van der Waals surface area contributed by atoms with E-state index in [9.17, 15) is 0 Å². The Labute approximate surface area is 91.1 Å². The summed E-state index contributed by atoms with van der Waals surface area (Å²) in [6.07, 6.45) is 11.4. The molecule has 15 heavy (non-hydrogen) atoms. The van der Waals surface area contributed by atoms with Gasteiger partial charge >= 0.3 is 0 Å². The van der Waals surface area contributed by atoms with Crippen molar-refractivity contribution < 1.29 is 4.74 Å². The fraction of sp³-hybridized carbons (Fsp3) is 0.500. The first kappa shape index (κ1) is 10.5. The Morgan fingerprint density at radius 2 is 2.13 bits per heavy atom. The Morgan fingerprint density at radius 3 is 3.00 bits per heavy atom. The van der Waals surface area contributed by atoms with Gasteiger partial charge in [0.05, 0.1) is 13.2 Å². The number of hydrogen-bond acceptors (Lipinski definition) is 3. The molecule has 3 nitrogen and oxygen atoms in total. The van der Waals surface area contributed by atoms with Crippen LogP contribution in [0.25, 0.3) is 0 Å². The maximum atomic E-state index is 5.32. The lowest BCUT2D eigenvalue weighted by Crippen LogP contribution is -2.36. The average molecular weight is 206 g/mol. The molecule has 0 bridgehead atoms. The lowest BCUT2D eigenvalue weighted by Gasteiger charge is -2.26. The second-order valence-electron chi connectivity index (χ2n) is 3.81. The van der Waals surface area contributed by atoms with Crippen LogP contribution >= 0.6 is 0 Å². The predicted octanol–water partition coefficient (Wildman–Crippen LogP) is 1.27. The van der Waals surface area contributed by atoms with Crippen molar-refractivity contribution in [1.29, 1.82) is 0 Å². The topological polar surface area (TPSA) is 24.5 Å². The van der Waals surface area contributed by atoms with E-state index >= 15 is 0 Å². The normalized spacial score (nSPS) is 22.0. The molecule has 2 heterocycles. The molecular weight excluding hydrogens is 188 g/mol. The summed E-state index contributed by atoms with van der Waals surface area (Å²) >= 11 is 0. The van der Waals surface area contributed by atoms with Crippen LogP contribution in [0.1, 0.15) is 6.42 Å². The van der Waals surface area contributed by atoms with E-state index in [-0.39, 0.29) is 0 Å². The minimum absolute atomic E-state index is 0.884. The maximum absolute atomic E-state index is 5.32. The van der Waals surface area contributed by atoms with Gasteiger partial charge in [-0.15, -0.1) is 0 Å². The van der Waals surface area contributed by atoms with Gasteiger partial charge in [0, 0.05) is 32.0 Å². The molecule has 0 atom stereocenters. The van der Waals surface area contributed by atoms with Gasteiger partial charge in [-0.3, -0.25) is 4.90 Å². The number of ether oxygens (including phenoxy) is 1. The van der Waals surface area contributed by atoms with Gasteiger partial charge in [0.15, 0.2) is 0 Å². The largest absolute Gasteiger partial charge is 0.379 e. The minimum Gasteiger partial charge on any atom is -0.379 e. The average Bonchev–Trinajstić information content (AvgIpc) is 2.56. The highest BCUT2D eigenvalue weighted by atomic mass is 16.5. The fourth-order valence-corrected chi connectivity index (χ4v) is 1.76. The SMILES string of the molecule is C1=CNC=C(CCN2CCOCC2)C=C1. The number of morpholine rings is 1. The van der Waals surface area contributed by atoms with E-state index in [0.29, 0.717) is 0 Å². The van der Waals surface area contributed by atoms with Crippen molar-refractivity contribution in [3.8, 4) is 0 Å². The molecule has 2 aliphatic rings. The first-order valence-corrected chi connectivity index (χ1v) is 5.53. The van der Waals surface area contributed by atoms with E-state index in [0.717, 1.165) is 39.3 Å². The molecule has 0 aromatic rings. The highest BCUT2D eigenvalue weighted by molar-refractivity contribution is 5.25. The second kappa shape index (κ2) is 5.73. The highest BCUT2D eigenvalue weighted by Gasteiger charge is 2.09. The van der Waals surface area contributed by atoms with Crippen molar-refractivity contribution in [2.24, 2.45) is 0 Å². The first-order valence-electron chi connectivity index (χ1n) is 5.53. The van der Waals surface area contributed by atoms with Crippen molar-refractivity contribution in [3.63, 3.8) is 0 Å². The lowest BCUT2D eigenvalue weighted by atomic mass is 10.2. The summed E-state index contributed by atoms with van der Waals surface area (Å²) in [6.45, 7) is 5.04. The monoisotopic (exact) mass is 206 g/mol. The predicted molar refractivity (Wildman–Crippen MR) is 61.4 cm³/mol. The third-order valence-corrected chi connectivity index (χ3v) is 2.70. The summed E-state index contributed by atoms with van der Waals surface area (Å²) in [4.78, 5) is 2.45. The van der Waals surface area contributed by atoms with Gasteiger partial charge in [-0.25, -0.2) is 0 Å². The van der Waals surface area contributed by atoms with E-state index in [1.54, 1.807) is 0 Å². The van der Waals surface area contributed by atoms with Crippen LogP contribution in [-0.4, -0.2) is 37.7 Å². The number of hydrogen-bond donors (Lipinski definition) is 1. The van der Waals surface area contributed by atoms with Crippen LogP contribution in [0.5, 0.6) is 0 Å². The Kier molecular flexibility index (Phi) is 4.00. The molecule has 0 aromatic carbocycles. The molecule has 0 aromatic heterocycles. The standard InChI is InChI=1S/C12H18N2O/c1-2-5-13-11-12(3-1)4-6-14-7-9-15-10-8-14/h1-3,5,11,13H,4,6-10H2. The molecule has 82 valence electrons. The van der Waals surface area contributed by atoms with Gasteiger partial charge in [-0.2, -0.15) is 0 Å². The van der Waals surface area contributed by atoms with Crippen LogP contribution in [0.15, 0.2) is 36.2 Å². The van der Waals surface area contributed by atoms with Crippen LogP contribution in [0.4, 0.5) is 0 Å². The number of allylic oxidation sites excluding steroid dienone is 3. The Bertz CT molecular complexity index is 275. The third-order valence-electron chi connectivity index (χ3n) is 2.70. The van der Waals surface area contributed by atoms with Gasteiger partial charge in [0.25, 0.3) is 0 Å². The van der Waals surface area contributed by atoms with E-state index in [1.165, 1.54) is 5.57 Å². The Morgan fingerprint density at radius 1 is 1.27 bits per heavy atom. The van der Waals surface area contributed by atoms with E-state index in [1.807, 2.05) is 12.3 Å². The van der Waals surface area contributed by atoms with Crippen LogP contribution in [-0.2, 0) is 4.74 Å². The molecule has 0 radical (unpaired) electrons. The quantitative estimate of drug-likeness (QED) is 0.752. The third kappa shape index (κ3) is 3.53. The van der Waals surface area contributed by atoms with E-state index in [4.69, 9.17) is 4.74 Å². The number of nitrogens with zero attached hydrogens (tertiary/aromatic N) is 1. The van der Waals surface area contributed by atoms with E-state index in [2.05, 4.69) is 28.6 Å². The molecule has 0 aliphatic carbocycles. The zero-order valence-electron chi connectivity index (χ0n) is 8.98. The van der Waals surface area contributed by atoms with Crippen molar-refractivity contribution in [3.05, 3.63) is 36.2 Å². The summed E-state index contributed by atoms with van der Waals surface area (Å²) < 4.78 is 5.32. The lowest BCUT2D eigenvalue weighted by molar-refractivity contribution is 0.0385. The first-order chi connectivity index (χ1) is 7.45. The molecule has 1 fully saturated rings. The molecule has 3 heteroatoms. The van der Waals surface area contributed by atoms with Crippen LogP contribution in [0.3, 0.4) is 0 Å². The van der Waals surface area contributed by atoms with Crippen molar-refractivity contribution in [2.45, 2.75) is 6.42 Å². The van der Waals surface area contributed by atoms with Crippen LogP contribution in [0.2, 0.25) is 0 Å². The van der Waals surface area contributed by atoms with Gasteiger partial charge in [0.1, 0.15) is 0 Å². The number of rotatable bonds is 3. The molecule has 0 spiro atoms. The van der Waals surface area contributed by atoms with Crippen molar-refractivity contribution in [1.82, 2.24) is 10.2 Å². The molecule has 2 rings (SSSR count). The summed E-state index contributed by atoms with van der Waals surface area (Å²) in [6, 6.07) is 0. The minimum atomic E-state index is 0.884. The van der Waals surface area contributed by atoms with Gasteiger partial charge in [0.2, 0.25) is 0 Å². The van der Waals surface area contributed by atoms with Gasteiger partial charge in [-0.1, -0.05) is 12.2 Å². The molecular formula is C12H18N2O. The van der Waals surface area contributed by atoms with Crippen LogP contribution < -0.4 is 5.32 Å². The zero-order chi connectivity index (χ0) is 10.3. The smallest absolute Gasteiger partial charge is 0.0594 e. The highest BCUT2D eigenvalue weighted by Crippen LogP contribution is 2.07. The Balaban J connectivity index is 1.74. The summed E-state index contributed by atoms with van der Waals surface area (Å²) in [5.41, 5.74) is 1.35. The summed E-state index contributed by atoms with van der Waals surface area (Å²) in [5.74, 6) is 0. The molecule has 1 N–H and O–H groups in total. The van der Waals surface area contributed by atoms with Gasteiger partial charge in [-0.05, 0) is 18.1 Å². The van der Waals surface area contributed by atoms with Crippen molar-refractivity contribution >= 4 is 0 Å².